The molecule has 1 aromatic rings. The fraction of sp³-hybridized carbons (Fsp3) is 0.786. The minimum Gasteiger partial charge on any atom is -0.317 e. The first-order chi connectivity index (χ1) is 8.15. The molecule has 0 spiro atoms. The maximum atomic E-state index is 4.74. The molecule has 1 heterocycles. The molecule has 0 bridgehead atoms. The predicted molar refractivity (Wildman–Crippen MR) is 71.4 cm³/mol. The van der Waals surface area contributed by atoms with Gasteiger partial charge in [-0.1, -0.05) is 6.92 Å². The summed E-state index contributed by atoms with van der Waals surface area (Å²) >= 11 is 0. The third-order valence-electron chi connectivity index (χ3n) is 3.97. The highest BCUT2D eigenvalue weighted by Gasteiger charge is 2.31. The van der Waals surface area contributed by atoms with E-state index in [1.54, 1.807) is 0 Å². The number of nitrogens with zero attached hydrogens (tertiary/aromatic N) is 2. The van der Waals surface area contributed by atoms with Crippen molar-refractivity contribution < 1.29 is 0 Å². The Morgan fingerprint density at radius 2 is 2.12 bits per heavy atom. The van der Waals surface area contributed by atoms with Crippen LogP contribution in [0.1, 0.15) is 49.7 Å². The summed E-state index contributed by atoms with van der Waals surface area (Å²) in [5.74, 6) is 0.870. The molecule has 3 heteroatoms. The Morgan fingerprint density at radius 3 is 2.71 bits per heavy atom. The molecule has 3 nitrogen and oxygen atoms in total. The summed E-state index contributed by atoms with van der Waals surface area (Å²) in [6.45, 7) is 10.9. The van der Waals surface area contributed by atoms with Crippen LogP contribution < -0.4 is 5.32 Å². The van der Waals surface area contributed by atoms with Gasteiger partial charge in [0.15, 0.2) is 0 Å². The van der Waals surface area contributed by atoms with Crippen molar-refractivity contribution in [3.63, 3.8) is 0 Å². The lowest BCUT2D eigenvalue weighted by Crippen LogP contribution is -2.17. The van der Waals surface area contributed by atoms with E-state index >= 15 is 0 Å². The molecule has 1 unspecified atom stereocenters. The van der Waals surface area contributed by atoms with E-state index in [2.05, 4.69) is 37.7 Å². The zero-order valence-electron chi connectivity index (χ0n) is 11.6. The van der Waals surface area contributed by atoms with Crippen molar-refractivity contribution in [3.05, 3.63) is 17.0 Å². The van der Waals surface area contributed by atoms with Gasteiger partial charge in [0.1, 0.15) is 0 Å². The molecule has 1 aromatic heterocycles. The third-order valence-corrected chi connectivity index (χ3v) is 3.97. The van der Waals surface area contributed by atoms with Crippen LogP contribution in [-0.2, 0) is 6.42 Å². The first-order valence-electron chi connectivity index (χ1n) is 6.90. The molecule has 96 valence electrons. The van der Waals surface area contributed by atoms with Crippen LogP contribution in [0.5, 0.6) is 0 Å². The molecule has 1 aliphatic rings. The van der Waals surface area contributed by atoms with Gasteiger partial charge in [-0.2, -0.15) is 5.10 Å². The van der Waals surface area contributed by atoms with Crippen molar-refractivity contribution in [1.29, 1.82) is 0 Å². The highest BCUT2D eigenvalue weighted by molar-refractivity contribution is 5.25. The molecular weight excluding hydrogens is 210 g/mol. The van der Waals surface area contributed by atoms with Crippen LogP contribution in [0.25, 0.3) is 0 Å². The minimum atomic E-state index is 0.585. The quantitative estimate of drug-likeness (QED) is 0.768. The van der Waals surface area contributed by atoms with Crippen LogP contribution >= 0.6 is 0 Å². The van der Waals surface area contributed by atoms with Crippen LogP contribution in [0.3, 0.4) is 0 Å². The van der Waals surface area contributed by atoms with Crippen molar-refractivity contribution in [1.82, 2.24) is 15.1 Å². The molecule has 0 aromatic carbocycles. The summed E-state index contributed by atoms with van der Waals surface area (Å²) < 4.78 is 2.26. The number of hydrogen-bond acceptors (Lipinski definition) is 2. The fourth-order valence-corrected chi connectivity index (χ4v) is 2.62. The van der Waals surface area contributed by atoms with E-state index < -0.39 is 0 Å². The summed E-state index contributed by atoms with van der Waals surface area (Å²) in [6, 6.07) is 0.585. The average Bonchev–Trinajstić information content (AvgIpc) is 3.10. The lowest BCUT2D eigenvalue weighted by atomic mass is 10.1. The van der Waals surface area contributed by atoms with Crippen LogP contribution in [-0.4, -0.2) is 22.9 Å². The molecule has 0 aliphatic heterocycles. The molecule has 0 amide bonds. The predicted octanol–water partition coefficient (Wildman–Crippen LogP) is 2.62. The zero-order chi connectivity index (χ0) is 12.4. The molecular formula is C14H25N3. The van der Waals surface area contributed by atoms with Crippen LogP contribution in [0.4, 0.5) is 0 Å². The number of nitrogens with one attached hydrogen (secondary N) is 1. The first-order valence-corrected chi connectivity index (χ1v) is 6.90. The lowest BCUT2D eigenvalue weighted by Gasteiger charge is -2.13. The largest absolute Gasteiger partial charge is 0.317 e. The van der Waals surface area contributed by atoms with Crippen molar-refractivity contribution in [3.8, 4) is 0 Å². The van der Waals surface area contributed by atoms with Crippen molar-refractivity contribution >= 4 is 0 Å². The second-order valence-electron chi connectivity index (χ2n) is 5.28. The Labute approximate surface area is 105 Å². The molecule has 0 saturated heterocycles. The Hall–Kier alpha value is -0.830. The van der Waals surface area contributed by atoms with Gasteiger partial charge in [-0.05, 0) is 64.6 Å². The second-order valence-corrected chi connectivity index (χ2v) is 5.28. The highest BCUT2D eigenvalue weighted by atomic mass is 15.3. The van der Waals surface area contributed by atoms with E-state index in [4.69, 9.17) is 5.10 Å². The Bertz CT molecular complexity index is 377. The van der Waals surface area contributed by atoms with E-state index in [9.17, 15) is 0 Å². The smallest absolute Gasteiger partial charge is 0.0629 e. The summed E-state index contributed by atoms with van der Waals surface area (Å²) in [4.78, 5) is 0. The topological polar surface area (TPSA) is 29.9 Å². The maximum Gasteiger partial charge on any atom is 0.0629 e. The van der Waals surface area contributed by atoms with Gasteiger partial charge in [-0.25, -0.2) is 0 Å². The van der Waals surface area contributed by atoms with Crippen molar-refractivity contribution in [2.75, 3.05) is 13.1 Å². The number of rotatable bonds is 6. The van der Waals surface area contributed by atoms with Crippen LogP contribution in [0.15, 0.2) is 0 Å². The lowest BCUT2D eigenvalue weighted by molar-refractivity contribution is 0.429. The summed E-state index contributed by atoms with van der Waals surface area (Å²) in [6.07, 6.45) is 3.86. The molecule has 1 saturated carbocycles. The van der Waals surface area contributed by atoms with Gasteiger partial charge in [0.25, 0.3) is 0 Å². The van der Waals surface area contributed by atoms with E-state index in [1.807, 2.05) is 0 Å². The third kappa shape index (κ3) is 2.71. The van der Waals surface area contributed by atoms with Gasteiger partial charge < -0.3 is 5.32 Å². The zero-order valence-corrected chi connectivity index (χ0v) is 11.6. The van der Waals surface area contributed by atoms with Gasteiger partial charge in [0.05, 0.1) is 11.7 Å². The number of hydrogen-bond donors (Lipinski definition) is 1. The van der Waals surface area contributed by atoms with Crippen LogP contribution in [0.2, 0.25) is 0 Å². The van der Waals surface area contributed by atoms with Crippen molar-refractivity contribution in [2.24, 2.45) is 5.92 Å². The molecule has 2 rings (SSSR count). The maximum absolute atomic E-state index is 4.74. The van der Waals surface area contributed by atoms with Gasteiger partial charge in [0.2, 0.25) is 0 Å². The van der Waals surface area contributed by atoms with Gasteiger partial charge >= 0.3 is 0 Å². The molecule has 0 radical (unpaired) electrons. The van der Waals surface area contributed by atoms with Crippen molar-refractivity contribution in [2.45, 2.75) is 53.0 Å². The summed E-state index contributed by atoms with van der Waals surface area (Å²) in [5, 5.41) is 8.13. The van der Waals surface area contributed by atoms with Gasteiger partial charge in [0, 0.05) is 5.69 Å². The average molecular weight is 235 g/mol. The number of aryl methyl sites for hydroxylation is 1. The molecule has 17 heavy (non-hydrogen) atoms. The van der Waals surface area contributed by atoms with E-state index in [-0.39, 0.29) is 0 Å². The minimum absolute atomic E-state index is 0.585. The van der Waals surface area contributed by atoms with E-state index in [0.29, 0.717) is 6.04 Å². The Balaban J connectivity index is 2.10. The van der Waals surface area contributed by atoms with E-state index in [1.165, 1.54) is 29.8 Å². The summed E-state index contributed by atoms with van der Waals surface area (Å²) in [7, 11) is 0. The number of likely N-dealkylation sites (N-methyl/N-ethyl adjacent to an activating group) is 1. The molecule has 1 aliphatic carbocycles. The highest BCUT2D eigenvalue weighted by Crippen LogP contribution is 2.40. The van der Waals surface area contributed by atoms with Crippen LogP contribution in [0, 0.1) is 19.8 Å². The normalized spacial score (nSPS) is 17.4. The number of aromatic nitrogens is 2. The first kappa shape index (κ1) is 12.6. The Kier molecular flexibility index (Phi) is 3.87. The standard InChI is InChI=1S/C14H25N3/c1-5-15-9-8-14-10(2)16-17(12(14)4)11(3)13-6-7-13/h11,13,15H,5-9H2,1-4H3. The molecule has 1 atom stereocenters. The fourth-order valence-electron chi connectivity index (χ4n) is 2.62. The van der Waals surface area contributed by atoms with Gasteiger partial charge in [-0.15, -0.1) is 0 Å². The second kappa shape index (κ2) is 5.21. The summed E-state index contributed by atoms with van der Waals surface area (Å²) in [5.41, 5.74) is 4.03. The SMILES string of the molecule is CCNCCc1c(C)nn(C(C)C2CC2)c1C. The van der Waals surface area contributed by atoms with Gasteiger partial charge in [-0.3, -0.25) is 4.68 Å². The Morgan fingerprint density at radius 1 is 1.41 bits per heavy atom. The monoisotopic (exact) mass is 235 g/mol. The molecule has 1 fully saturated rings. The van der Waals surface area contributed by atoms with E-state index in [0.717, 1.165) is 25.4 Å². The molecule has 1 N–H and O–H groups in total.